The molecule has 0 bridgehead atoms. The number of aliphatic hydroxyl groups is 1. The van der Waals surface area contributed by atoms with E-state index in [1.807, 2.05) is 9.80 Å². The molecule has 0 spiro atoms. The van der Waals surface area contributed by atoms with Crippen molar-refractivity contribution in [2.75, 3.05) is 43.4 Å². The Labute approximate surface area is 128 Å². The van der Waals surface area contributed by atoms with Crippen LogP contribution in [0.15, 0.2) is 12.3 Å². The zero-order chi connectivity index (χ0) is 15.7. The summed E-state index contributed by atoms with van der Waals surface area (Å²) in [5, 5.41) is 19.7. The van der Waals surface area contributed by atoms with Crippen molar-refractivity contribution in [1.82, 2.24) is 14.9 Å². The standard InChI is InChI=1S/C14H21N5O3/c15-11-1-4-16-13(17-11)19-6-3-14(22)2-5-18(9-12(20)21)7-10(14)8-19/h1,4,10,22H,2-3,5-9H2,(H,20,21)(H2,15,16,17)/t10-,14-/m0/s1. The third-order valence-electron chi connectivity index (χ3n) is 4.66. The van der Waals surface area contributed by atoms with E-state index in [1.165, 1.54) is 0 Å². The minimum atomic E-state index is -0.836. The van der Waals surface area contributed by atoms with Gasteiger partial charge in [0.15, 0.2) is 0 Å². The molecule has 8 heteroatoms. The summed E-state index contributed by atoms with van der Waals surface area (Å²) in [5.74, 6) is 0.135. The predicted octanol–water partition coefficient (Wildman–Crippen LogP) is -0.593. The highest BCUT2D eigenvalue weighted by molar-refractivity contribution is 5.69. The number of carboxylic acid groups (broad SMARTS) is 1. The van der Waals surface area contributed by atoms with Crippen LogP contribution in [0.2, 0.25) is 0 Å². The van der Waals surface area contributed by atoms with E-state index in [-0.39, 0.29) is 12.5 Å². The second kappa shape index (κ2) is 5.69. The number of nitrogens with two attached hydrogens (primary N) is 1. The third kappa shape index (κ3) is 2.97. The van der Waals surface area contributed by atoms with Crippen LogP contribution < -0.4 is 10.6 Å². The van der Waals surface area contributed by atoms with E-state index in [4.69, 9.17) is 10.8 Å². The van der Waals surface area contributed by atoms with Crippen LogP contribution >= 0.6 is 0 Å². The Morgan fingerprint density at radius 2 is 2.18 bits per heavy atom. The van der Waals surface area contributed by atoms with E-state index in [9.17, 15) is 9.90 Å². The fourth-order valence-electron chi connectivity index (χ4n) is 3.40. The number of piperidine rings is 2. The van der Waals surface area contributed by atoms with Gasteiger partial charge in [-0.3, -0.25) is 9.69 Å². The molecule has 2 fully saturated rings. The molecule has 4 N–H and O–H groups in total. The number of aromatic nitrogens is 2. The highest BCUT2D eigenvalue weighted by Gasteiger charge is 2.45. The second-order valence-electron chi connectivity index (χ2n) is 6.16. The number of carbonyl (C=O) groups is 1. The Morgan fingerprint density at radius 3 is 2.91 bits per heavy atom. The van der Waals surface area contributed by atoms with Crippen LogP contribution in [0.4, 0.5) is 11.8 Å². The third-order valence-corrected chi connectivity index (χ3v) is 4.66. The lowest BCUT2D eigenvalue weighted by Crippen LogP contribution is -2.60. The molecule has 0 amide bonds. The maximum Gasteiger partial charge on any atom is 0.317 e. The van der Waals surface area contributed by atoms with Crippen molar-refractivity contribution >= 4 is 17.7 Å². The van der Waals surface area contributed by atoms with Crippen molar-refractivity contribution in [2.24, 2.45) is 5.92 Å². The Kier molecular flexibility index (Phi) is 3.88. The fraction of sp³-hybridized carbons (Fsp3) is 0.643. The topological polar surface area (TPSA) is 116 Å². The molecule has 1 aromatic heterocycles. The van der Waals surface area contributed by atoms with Crippen LogP contribution in [-0.4, -0.2) is 69.4 Å². The van der Waals surface area contributed by atoms with E-state index >= 15 is 0 Å². The van der Waals surface area contributed by atoms with Gasteiger partial charge in [-0.2, -0.15) is 4.98 Å². The van der Waals surface area contributed by atoms with Crippen molar-refractivity contribution in [3.63, 3.8) is 0 Å². The van der Waals surface area contributed by atoms with Crippen molar-refractivity contribution in [3.8, 4) is 0 Å². The molecule has 120 valence electrons. The Bertz CT molecular complexity index is 569. The molecule has 1 aromatic rings. The first-order valence-corrected chi connectivity index (χ1v) is 7.46. The Morgan fingerprint density at radius 1 is 1.41 bits per heavy atom. The number of aliphatic carboxylic acids is 1. The quantitative estimate of drug-likeness (QED) is 0.678. The molecule has 2 aliphatic rings. The maximum absolute atomic E-state index is 10.9. The van der Waals surface area contributed by atoms with Crippen molar-refractivity contribution < 1.29 is 15.0 Å². The SMILES string of the molecule is Nc1ccnc(N2CC[C@@]3(O)CCN(CC(=O)O)C[C@H]3C2)n1. The molecule has 3 heterocycles. The monoisotopic (exact) mass is 307 g/mol. The van der Waals surface area contributed by atoms with Gasteiger partial charge in [-0.15, -0.1) is 0 Å². The summed E-state index contributed by atoms with van der Waals surface area (Å²) < 4.78 is 0. The normalized spacial score (nSPS) is 29.1. The van der Waals surface area contributed by atoms with Gasteiger partial charge in [-0.25, -0.2) is 4.98 Å². The van der Waals surface area contributed by atoms with Crippen LogP contribution in [0, 0.1) is 5.92 Å². The van der Waals surface area contributed by atoms with Crippen LogP contribution in [0.5, 0.6) is 0 Å². The first-order chi connectivity index (χ1) is 10.5. The highest BCUT2D eigenvalue weighted by Crippen LogP contribution is 2.36. The lowest BCUT2D eigenvalue weighted by molar-refractivity contribution is -0.141. The Balaban J connectivity index is 1.72. The highest BCUT2D eigenvalue weighted by atomic mass is 16.4. The lowest BCUT2D eigenvalue weighted by atomic mass is 9.76. The molecule has 3 rings (SSSR count). The maximum atomic E-state index is 10.9. The largest absolute Gasteiger partial charge is 0.480 e. The summed E-state index contributed by atoms with van der Waals surface area (Å²) in [5.41, 5.74) is 4.98. The van der Waals surface area contributed by atoms with Gasteiger partial charge in [-0.05, 0) is 18.9 Å². The van der Waals surface area contributed by atoms with Gasteiger partial charge < -0.3 is 20.8 Å². The number of nitrogen functional groups attached to an aromatic ring is 1. The zero-order valence-electron chi connectivity index (χ0n) is 12.4. The van der Waals surface area contributed by atoms with Crippen LogP contribution in [0.25, 0.3) is 0 Å². The number of likely N-dealkylation sites (tertiary alicyclic amines) is 1. The fourth-order valence-corrected chi connectivity index (χ4v) is 3.40. The van der Waals surface area contributed by atoms with Crippen LogP contribution in [0.1, 0.15) is 12.8 Å². The van der Waals surface area contributed by atoms with E-state index in [0.29, 0.717) is 50.8 Å². The number of hydrogen-bond acceptors (Lipinski definition) is 7. The minimum absolute atomic E-state index is 0.0145. The molecule has 22 heavy (non-hydrogen) atoms. The smallest absolute Gasteiger partial charge is 0.317 e. The van der Waals surface area contributed by atoms with E-state index in [1.54, 1.807) is 12.3 Å². The van der Waals surface area contributed by atoms with Gasteiger partial charge in [-0.1, -0.05) is 0 Å². The van der Waals surface area contributed by atoms with Crippen molar-refractivity contribution in [2.45, 2.75) is 18.4 Å². The summed E-state index contributed by atoms with van der Waals surface area (Å²) in [4.78, 5) is 23.2. The van der Waals surface area contributed by atoms with Gasteiger partial charge in [0.2, 0.25) is 5.95 Å². The molecule has 8 nitrogen and oxygen atoms in total. The second-order valence-corrected chi connectivity index (χ2v) is 6.16. The lowest BCUT2D eigenvalue weighted by Gasteiger charge is -2.50. The summed E-state index contributed by atoms with van der Waals surface area (Å²) in [7, 11) is 0. The number of carboxylic acids is 1. The number of anilines is 2. The summed E-state index contributed by atoms with van der Waals surface area (Å²) in [6.45, 7) is 2.49. The zero-order valence-corrected chi connectivity index (χ0v) is 12.4. The number of hydrogen-bond donors (Lipinski definition) is 3. The number of rotatable bonds is 3. The first kappa shape index (κ1) is 15.0. The molecule has 2 aliphatic heterocycles. The van der Waals surface area contributed by atoms with Gasteiger partial charge in [0, 0.05) is 38.3 Å². The molecule has 2 atom stereocenters. The van der Waals surface area contributed by atoms with Gasteiger partial charge in [0.05, 0.1) is 12.1 Å². The first-order valence-electron chi connectivity index (χ1n) is 7.46. The molecule has 0 saturated carbocycles. The predicted molar refractivity (Wildman–Crippen MR) is 80.4 cm³/mol. The molecule has 0 aromatic carbocycles. The Hall–Kier alpha value is -1.93. The average Bonchev–Trinajstić information content (AvgIpc) is 2.46. The van der Waals surface area contributed by atoms with Crippen molar-refractivity contribution in [3.05, 3.63) is 12.3 Å². The average molecular weight is 307 g/mol. The summed E-state index contributed by atoms with van der Waals surface area (Å²) in [6.07, 6.45) is 2.86. The molecular weight excluding hydrogens is 286 g/mol. The number of fused-ring (bicyclic) bond motifs is 1. The van der Waals surface area contributed by atoms with Crippen LogP contribution in [0.3, 0.4) is 0 Å². The number of nitrogens with zero attached hydrogens (tertiary/aromatic N) is 4. The molecule has 0 aliphatic carbocycles. The van der Waals surface area contributed by atoms with E-state index in [2.05, 4.69) is 9.97 Å². The minimum Gasteiger partial charge on any atom is -0.480 e. The van der Waals surface area contributed by atoms with Crippen LogP contribution in [-0.2, 0) is 4.79 Å². The summed E-state index contributed by atoms with van der Waals surface area (Å²) >= 11 is 0. The van der Waals surface area contributed by atoms with Crippen molar-refractivity contribution in [1.29, 1.82) is 0 Å². The van der Waals surface area contributed by atoms with E-state index in [0.717, 1.165) is 0 Å². The van der Waals surface area contributed by atoms with Gasteiger partial charge in [0.1, 0.15) is 5.82 Å². The molecule has 0 unspecified atom stereocenters. The van der Waals surface area contributed by atoms with Gasteiger partial charge >= 0.3 is 5.97 Å². The molecular formula is C14H21N5O3. The molecule has 2 saturated heterocycles. The van der Waals surface area contributed by atoms with Gasteiger partial charge in [0.25, 0.3) is 0 Å². The summed E-state index contributed by atoms with van der Waals surface area (Å²) in [6, 6.07) is 1.64. The van der Waals surface area contributed by atoms with E-state index < -0.39 is 11.6 Å². The molecule has 0 radical (unpaired) electrons.